The second kappa shape index (κ2) is 9.35. The van der Waals surface area contributed by atoms with Gasteiger partial charge >= 0.3 is 10.1 Å². The molecule has 1 atom stereocenters. The molecule has 8 heteroatoms. The van der Waals surface area contributed by atoms with Crippen molar-refractivity contribution in [3.63, 3.8) is 0 Å². The van der Waals surface area contributed by atoms with Gasteiger partial charge in [-0.2, -0.15) is 8.42 Å². The van der Waals surface area contributed by atoms with Crippen LogP contribution in [0, 0.1) is 11.7 Å². The molecule has 0 N–H and O–H groups in total. The second-order valence-electron chi connectivity index (χ2n) is 7.59. The number of nitrogens with zero attached hydrogens (tertiary/aromatic N) is 1. The minimum Gasteiger partial charge on any atom is -0.379 e. The lowest BCUT2D eigenvalue weighted by Gasteiger charge is -2.35. The molecule has 30 heavy (non-hydrogen) atoms. The average molecular weight is 454 g/mol. The van der Waals surface area contributed by atoms with Crippen molar-refractivity contribution in [2.75, 3.05) is 0 Å². The number of hydrogen-bond acceptors (Lipinski definition) is 4. The molecule has 0 saturated heterocycles. The zero-order valence-corrected chi connectivity index (χ0v) is 18.5. The van der Waals surface area contributed by atoms with Gasteiger partial charge in [-0.05, 0) is 68.7 Å². The van der Waals surface area contributed by atoms with Gasteiger partial charge in [0, 0.05) is 29.1 Å². The lowest BCUT2D eigenvalue weighted by molar-refractivity contribution is -0.141. The molecule has 0 unspecified atom stereocenters. The molecule has 1 saturated carbocycles. The normalized spacial score (nSPS) is 15.3. The summed E-state index contributed by atoms with van der Waals surface area (Å²) in [5.74, 6) is -0.355. The molecule has 0 aromatic heterocycles. The van der Waals surface area contributed by atoms with Gasteiger partial charge in [-0.15, -0.1) is 0 Å². The first-order valence-electron chi connectivity index (χ1n) is 10.00. The van der Waals surface area contributed by atoms with Crippen LogP contribution < -0.4 is 4.18 Å². The second-order valence-corrected chi connectivity index (χ2v) is 9.58. The molecular weight excluding hydrogens is 429 g/mol. The van der Waals surface area contributed by atoms with Crippen LogP contribution in [0.3, 0.4) is 0 Å². The van der Waals surface area contributed by atoms with Gasteiger partial charge < -0.3 is 9.08 Å². The van der Waals surface area contributed by atoms with Gasteiger partial charge in [0.05, 0.1) is 0 Å². The molecule has 1 amide bonds. The monoisotopic (exact) mass is 453 g/mol. The Morgan fingerprint density at radius 1 is 1.23 bits per heavy atom. The van der Waals surface area contributed by atoms with E-state index >= 15 is 0 Å². The standard InChI is InChI=1S/C22H25ClFNO4S/c1-3-15(2)25(22(26)16-5-4-6-16)14-17-13-18(23)7-12-21(17)29-30(27,28)20-10-8-19(24)9-11-20/h7-13,15-16H,3-6,14H2,1-2H3/t15-/m1/s1. The van der Waals surface area contributed by atoms with Gasteiger partial charge in [0.2, 0.25) is 5.91 Å². The predicted octanol–water partition coefficient (Wildman–Crippen LogP) is 5.17. The molecule has 3 rings (SSSR count). The lowest BCUT2D eigenvalue weighted by atomic mass is 9.84. The van der Waals surface area contributed by atoms with Crippen LogP contribution in [0.1, 0.15) is 45.1 Å². The molecule has 0 bridgehead atoms. The van der Waals surface area contributed by atoms with E-state index in [4.69, 9.17) is 15.8 Å². The molecule has 1 aliphatic carbocycles. The lowest BCUT2D eigenvalue weighted by Crippen LogP contribution is -2.43. The molecule has 0 spiro atoms. The highest BCUT2D eigenvalue weighted by Crippen LogP contribution is 2.32. The van der Waals surface area contributed by atoms with Gasteiger partial charge in [-0.25, -0.2) is 4.39 Å². The van der Waals surface area contributed by atoms with E-state index < -0.39 is 15.9 Å². The molecule has 0 aliphatic heterocycles. The zero-order valence-electron chi connectivity index (χ0n) is 17.0. The van der Waals surface area contributed by atoms with Crippen molar-refractivity contribution in [3.8, 4) is 5.75 Å². The van der Waals surface area contributed by atoms with Crippen molar-refractivity contribution in [3.05, 3.63) is 58.9 Å². The Labute approximate surface area is 181 Å². The van der Waals surface area contributed by atoms with Crippen molar-refractivity contribution in [2.45, 2.75) is 57.0 Å². The number of carbonyl (C=O) groups is 1. The summed E-state index contributed by atoms with van der Waals surface area (Å²) < 4.78 is 43.8. The van der Waals surface area contributed by atoms with Crippen molar-refractivity contribution < 1.29 is 21.8 Å². The van der Waals surface area contributed by atoms with Crippen molar-refractivity contribution in [1.29, 1.82) is 0 Å². The predicted molar refractivity (Wildman–Crippen MR) is 113 cm³/mol. The third kappa shape index (κ3) is 5.13. The van der Waals surface area contributed by atoms with Gasteiger partial charge in [0.25, 0.3) is 0 Å². The molecule has 2 aromatic carbocycles. The molecular formula is C22H25ClFNO4S. The van der Waals surface area contributed by atoms with Crippen LogP contribution in [0.15, 0.2) is 47.4 Å². The highest BCUT2D eigenvalue weighted by Gasteiger charge is 2.32. The van der Waals surface area contributed by atoms with E-state index in [1.54, 1.807) is 11.0 Å². The average Bonchev–Trinajstić information content (AvgIpc) is 2.66. The van der Waals surface area contributed by atoms with Crippen molar-refractivity contribution >= 4 is 27.6 Å². The minimum atomic E-state index is -4.17. The minimum absolute atomic E-state index is 0.0152. The number of halogens is 2. The van der Waals surface area contributed by atoms with E-state index in [1.807, 2.05) is 13.8 Å². The van der Waals surface area contributed by atoms with E-state index in [-0.39, 0.29) is 35.1 Å². The number of carbonyl (C=O) groups excluding carboxylic acids is 1. The Balaban J connectivity index is 1.90. The van der Waals surface area contributed by atoms with Crippen LogP contribution in [-0.4, -0.2) is 25.3 Å². The quantitative estimate of drug-likeness (QED) is 0.517. The summed E-state index contributed by atoms with van der Waals surface area (Å²) in [5.41, 5.74) is 0.501. The van der Waals surface area contributed by atoms with E-state index in [2.05, 4.69) is 0 Å². The van der Waals surface area contributed by atoms with Crippen LogP contribution in [0.5, 0.6) is 5.75 Å². The summed E-state index contributed by atoms with van der Waals surface area (Å²) in [6.07, 6.45) is 3.57. The van der Waals surface area contributed by atoms with Gasteiger partial charge in [-0.3, -0.25) is 4.79 Å². The first-order valence-corrected chi connectivity index (χ1v) is 11.8. The molecule has 1 aliphatic rings. The van der Waals surface area contributed by atoms with Gasteiger partial charge in [0.1, 0.15) is 16.5 Å². The van der Waals surface area contributed by atoms with Crippen LogP contribution in [-0.2, 0) is 21.5 Å². The third-order valence-corrected chi connectivity index (χ3v) is 7.01. The zero-order chi connectivity index (χ0) is 21.9. The Hall–Kier alpha value is -2.12. The number of rotatable bonds is 8. The maximum Gasteiger partial charge on any atom is 0.339 e. The highest BCUT2D eigenvalue weighted by atomic mass is 35.5. The largest absolute Gasteiger partial charge is 0.379 e. The van der Waals surface area contributed by atoms with E-state index in [1.165, 1.54) is 12.1 Å². The first kappa shape index (κ1) is 22.6. The fraction of sp³-hybridized carbons (Fsp3) is 0.409. The Morgan fingerprint density at radius 2 is 1.90 bits per heavy atom. The Kier molecular flexibility index (Phi) is 7.03. The molecule has 0 heterocycles. The first-order chi connectivity index (χ1) is 14.2. The Morgan fingerprint density at radius 3 is 2.47 bits per heavy atom. The van der Waals surface area contributed by atoms with E-state index in [0.29, 0.717) is 10.6 Å². The maximum absolute atomic E-state index is 13.2. The van der Waals surface area contributed by atoms with Crippen LogP contribution in [0.4, 0.5) is 4.39 Å². The SMILES string of the molecule is CC[C@@H](C)N(Cc1cc(Cl)ccc1OS(=O)(=O)c1ccc(F)cc1)C(=O)C1CCC1. The summed E-state index contributed by atoms with van der Waals surface area (Å²) >= 11 is 6.15. The Bertz CT molecular complexity index is 1010. The maximum atomic E-state index is 13.2. The fourth-order valence-corrected chi connectivity index (χ4v) is 4.42. The topological polar surface area (TPSA) is 63.7 Å². The summed E-state index contributed by atoms with van der Waals surface area (Å²) in [6.45, 7) is 4.16. The smallest absolute Gasteiger partial charge is 0.339 e. The van der Waals surface area contributed by atoms with Gasteiger partial charge in [-0.1, -0.05) is 24.9 Å². The number of benzene rings is 2. The van der Waals surface area contributed by atoms with Crippen LogP contribution in [0.2, 0.25) is 5.02 Å². The van der Waals surface area contributed by atoms with Crippen LogP contribution in [0.25, 0.3) is 0 Å². The summed E-state index contributed by atoms with van der Waals surface area (Å²) in [4.78, 5) is 14.6. The molecule has 0 radical (unpaired) electrons. The number of hydrogen-bond donors (Lipinski definition) is 0. The summed E-state index contributed by atoms with van der Waals surface area (Å²) in [5, 5.41) is 0.414. The van der Waals surface area contributed by atoms with Crippen LogP contribution >= 0.6 is 11.6 Å². The third-order valence-electron chi connectivity index (χ3n) is 5.53. The van der Waals surface area contributed by atoms with Gasteiger partial charge in [0.15, 0.2) is 0 Å². The molecule has 162 valence electrons. The highest BCUT2D eigenvalue weighted by molar-refractivity contribution is 7.87. The van der Waals surface area contributed by atoms with Crippen molar-refractivity contribution in [1.82, 2.24) is 4.90 Å². The summed E-state index contributed by atoms with van der Waals surface area (Å²) in [6, 6.07) is 9.00. The van der Waals surface area contributed by atoms with E-state index in [9.17, 15) is 17.6 Å². The molecule has 5 nitrogen and oxygen atoms in total. The number of amides is 1. The van der Waals surface area contributed by atoms with E-state index in [0.717, 1.165) is 49.9 Å². The van der Waals surface area contributed by atoms with Crippen molar-refractivity contribution in [2.24, 2.45) is 5.92 Å². The molecule has 1 fully saturated rings. The summed E-state index contributed by atoms with van der Waals surface area (Å²) in [7, 11) is -4.17. The molecule has 2 aromatic rings. The fourth-order valence-electron chi connectivity index (χ4n) is 3.27.